The minimum absolute atomic E-state index is 0.127. The summed E-state index contributed by atoms with van der Waals surface area (Å²) in [6.07, 6.45) is 3.04. The topological polar surface area (TPSA) is 80.3 Å². The Balaban J connectivity index is 2.16. The number of hydrogen-bond donors (Lipinski definition) is 2. The lowest BCUT2D eigenvalue weighted by Gasteiger charge is -2.19. The van der Waals surface area contributed by atoms with Crippen molar-refractivity contribution in [2.45, 2.75) is 39.3 Å². The van der Waals surface area contributed by atoms with Gasteiger partial charge in [-0.25, -0.2) is 4.79 Å². The van der Waals surface area contributed by atoms with Gasteiger partial charge in [-0.2, -0.15) is 0 Å². The van der Waals surface area contributed by atoms with Crippen LogP contribution in [-0.4, -0.2) is 29.1 Å². The molecule has 6 heteroatoms. The molecule has 0 atom stereocenters. The highest BCUT2D eigenvalue weighted by molar-refractivity contribution is 5.77. The molecule has 0 saturated carbocycles. The number of alkyl carbamates (subject to hydrolysis) is 1. The number of amides is 2. The van der Waals surface area contributed by atoms with E-state index in [1.165, 1.54) is 0 Å². The van der Waals surface area contributed by atoms with Crippen molar-refractivity contribution in [1.82, 2.24) is 15.6 Å². The van der Waals surface area contributed by atoms with Crippen LogP contribution in [0.2, 0.25) is 0 Å². The van der Waals surface area contributed by atoms with Gasteiger partial charge >= 0.3 is 6.09 Å². The molecule has 0 aliphatic heterocycles. The SMILES string of the molecule is CC(C)(C)OC(=O)NCCC(=O)NCc1ccncc1. The number of nitrogens with zero attached hydrogens (tertiary/aromatic N) is 1. The van der Waals surface area contributed by atoms with E-state index in [-0.39, 0.29) is 18.9 Å². The third kappa shape index (κ3) is 7.35. The summed E-state index contributed by atoms with van der Waals surface area (Å²) >= 11 is 0. The molecule has 1 aromatic rings. The molecular formula is C14H21N3O3. The molecule has 0 spiro atoms. The highest BCUT2D eigenvalue weighted by atomic mass is 16.6. The highest BCUT2D eigenvalue weighted by Gasteiger charge is 2.15. The first kappa shape index (κ1) is 15.9. The molecule has 2 N–H and O–H groups in total. The Morgan fingerprint density at radius 3 is 2.45 bits per heavy atom. The van der Waals surface area contributed by atoms with Crippen LogP contribution >= 0.6 is 0 Å². The molecular weight excluding hydrogens is 258 g/mol. The van der Waals surface area contributed by atoms with Gasteiger partial charge in [-0.3, -0.25) is 9.78 Å². The lowest BCUT2D eigenvalue weighted by molar-refractivity contribution is -0.121. The summed E-state index contributed by atoms with van der Waals surface area (Å²) in [5.74, 6) is -0.127. The van der Waals surface area contributed by atoms with E-state index in [2.05, 4.69) is 15.6 Å². The molecule has 1 heterocycles. The molecule has 6 nitrogen and oxygen atoms in total. The van der Waals surface area contributed by atoms with Gasteiger partial charge in [-0.05, 0) is 38.5 Å². The average molecular weight is 279 g/mol. The zero-order valence-corrected chi connectivity index (χ0v) is 12.1. The van der Waals surface area contributed by atoms with E-state index < -0.39 is 11.7 Å². The molecule has 0 saturated heterocycles. The fourth-order valence-electron chi connectivity index (χ4n) is 1.38. The van der Waals surface area contributed by atoms with Crippen molar-refractivity contribution in [1.29, 1.82) is 0 Å². The largest absolute Gasteiger partial charge is 0.444 e. The van der Waals surface area contributed by atoms with E-state index >= 15 is 0 Å². The van der Waals surface area contributed by atoms with E-state index in [9.17, 15) is 9.59 Å². The van der Waals surface area contributed by atoms with E-state index in [4.69, 9.17) is 4.74 Å². The van der Waals surface area contributed by atoms with Crippen LogP contribution in [0.25, 0.3) is 0 Å². The van der Waals surface area contributed by atoms with Crippen molar-refractivity contribution in [3.8, 4) is 0 Å². The Labute approximate surface area is 118 Å². The second-order valence-electron chi connectivity index (χ2n) is 5.31. The predicted octanol–water partition coefficient (Wildman–Crippen LogP) is 1.61. The monoisotopic (exact) mass is 279 g/mol. The lowest BCUT2D eigenvalue weighted by atomic mass is 10.2. The zero-order chi connectivity index (χ0) is 15.0. The number of hydrogen-bond acceptors (Lipinski definition) is 4. The second-order valence-corrected chi connectivity index (χ2v) is 5.31. The maximum Gasteiger partial charge on any atom is 0.407 e. The Morgan fingerprint density at radius 1 is 1.20 bits per heavy atom. The van der Waals surface area contributed by atoms with Gasteiger partial charge in [-0.15, -0.1) is 0 Å². The van der Waals surface area contributed by atoms with Crippen LogP contribution in [0.3, 0.4) is 0 Å². The standard InChI is InChI=1S/C14H21N3O3/c1-14(2,3)20-13(19)16-9-6-12(18)17-10-11-4-7-15-8-5-11/h4-5,7-8H,6,9-10H2,1-3H3,(H,16,19)(H,17,18). The van der Waals surface area contributed by atoms with Crippen molar-refractivity contribution in [3.05, 3.63) is 30.1 Å². The molecule has 0 bridgehead atoms. The molecule has 1 rings (SSSR count). The zero-order valence-electron chi connectivity index (χ0n) is 12.1. The lowest BCUT2D eigenvalue weighted by Crippen LogP contribution is -2.35. The summed E-state index contributed by atoms with van der Waals surface area (Å²) in [5, 5.41) is 5.30. The Morgan fingerprint density at radius 2 is 1.85 bits per heavy atom. The first-order chi connectivity index (χ1) is 9.37. The van der Waals surface area contributed by atoms with Crippen molar-refractivity contribution < 1.29 is 14.3 Å². The Bertz CT molecular complexity index is 441. The van der Waals surface area contributed by atoms with Crippen LogP contribution in [0, 0.1) is 0 Å². The molecule has 0 aliphatic carbocycles. The molecule has 0 unspecified atom stereocenters. The third-order valence-electron chi connectivity index (χ3n) is 2.26. The minimum atomic E-state index is -0.534. The Hall–Kier alpha value is -2.11. The van der Waals surface area contributed by atoms with E-state index in [0.717, 1.165) is 5.56 Å². The number of nitrogens with one attached hydrogen (secondary N) is 2. The van der Waals surface area contributed by atoms with Gasteiger partial charge < -0.3 is 15.4 Å². The van der Waals surface area contributed by atoms with Gasteiger partial charge in [0.1, 0.15) is 5.60 Å². The van der Waals surface area contributed by atoms with Gasteiger partial charge in [0.2, 0.25) is 5.91 Å². The number of ether oxygens (including phenoxy) is 1. The maximum absolute atomic E-state index is 11.6. The minimum Gasteiger partial charge on any atom is -0.444 e. The van der Waals surface area contributed by atoms with Crippen LogP contribution in [0.5, 0.6) is 0 Å². The molecule has 0 aromatic carbocycles. The number of carbonyl (C=O) groups is 2. The molecule has 0 aliphatic rings. The van der Waals surface area contributed by atoms with Crippen molar-refractivity contribution in [2.24, 2.45) is 0 Å². The molecule has 110 valence electrons. The van der Waals surface area contributed by atoms with Crippen molar-refractivity contribution >= 4 is 12.0 Å². The number of carbonyl (C=O) groups excluding carboxylic acids is 2. The van der Waals surface area contributed by atoms with Gasteiger partial charge in [0.15, 0.2) is 0 Å². The molecule has 1 aromatic heterocycles. The van der Waals surface area contributed by atoms with E-state index in [1.54, 1.807) is 33.2 Å². The fraction of sp³-hybridized carbons (Fsp3) is 0.500. The summed E-state index contributed by atoms with van der Waals surface area (Å²) < 4.78 is 5.06. The summed E-state index contributed by atoms with van der Waals surface area (Å²) in [6, 6.07) is 3.67. The summed E-state index contributed by atoms with van der Waals surface area (Å²) in [6.45, 7) is 6.06. The predicted molar refractivity (Wildman–Crippen MR) is 74.9 cm³/mol. The van der Waals surface area contributed by atoms with Crippen LogP contribution in [0.15, 0.2) is 24.5 Å². The number of pyridine rings is 1. The first-order valence-electron chi connectivity index (χ1n) is 6.49. The highest BCUT2D eigenvalue weighted by Crippen LogP contribution is 2.06. The molecule has 0 radical (unpaired) electrons. The second kappa shape index (κ2) is 7.47. The maximum atomic E-state index is 11.6. The first-order valence-corrected chi connectivity index (χ1v) is 6.49. The quantitative estimate of drug-likeness (QED) is 0.858. The fourth-order valence-corrected chi connectivity index (χ4v) is 1.38. The number of aromatic nitrogens is 1. The Kier molecular flexibility index (Phi) is 5.96. The number of rotatable bonds is 5. The van der Waals surface area contributed by atoms with Crippen LogP contribution in [-0.2, 0) is 16.1 Å². The summed E-state index contributed by atoms with van der Waals surface area (Å²) in [4.78, 5) is 26.8. The third-order valence-corrected chi connectivity index (χ3v) is 2.26. The van der Waals surface area contributed by atoms with Crippen LogP contribution in [0.4, 0.5) is 4.79 Å². The summed E-state index contributed by atoms with van der Waals surface area (Å²) in [7, 11) is 0. The van der Waals surface area contributed by atoms with Gasteiger partial charge in [0.25, 0.3) is 0 Å². The smallest absolute Gasteiger partial charge is 0.407 e. The molecule has 20 heavy (non-hydrogen) atoms. The van der Waals surface area contributed by atoms with Crippen molar-refractivity contribution in [2.75, 3.05) is 6.54 Å². The normalized spacial score (nSPS) is 10.8. The van der Waals surface area contributed by atoms with Crippen LogP contribution in [0.1, 0.15) is 32.8 Å². The van der Waals surface area contributed by atoms with Crippen molar-refractivity contribution in [3.63, 3.8) is 0 Å². The van der Waals surface area contributed by atoms with Gasteiger partial charge in [-0.1, -0.05) is 0 Å². The molecule has 0 fully saturated rings. The van der Waals surface area contributed by atoms with Gasteiger partial charge in [0.05, 0.1) is 0 Å². The van der Waals surface area contributed by atoms with Crippen LogP contribution < -0.4 is 10.6 Å². The molecule has 2 amide bonds. The van der Waals surface area contributed by atoms with E-state index in [0.29, 0.717) is 6.54 Å². The average Bonchev–Trinajstić information content (AvgIpc) is 2.35. The van der Waals surface area contributed by atoms with Gasteiger partial charge in [0, 0.05) is 31.9 Å². The summed E-state index contributed by atoms with van der Waals surface area (Å²) in [5.41, 5.74) is 0.446. The van der Waals surface area contributed by atoms with E-state index in [1.807, 2.05) is 12.1 Å².